The van der Waals surface area contributed by atoms with Crippen LogP contribution in [-0.2, 0) is 16.0 Å². The van der Waals surface area contributed by atoms with E-state index in [1.807, 2.05) is 47.6 Å². The monoisotopic (exact) mass is 451 g/mol. The molecule has 1 aromatic heterocycles. The number of ether oxygens (including phenoxy) is 1. The number of aromatic nitrogens is 1. The van der Waals surface area contributed by atoms with Gasteiger partial charge in [0.1, 0.15) is 5.82 Å². The average molecular weight is 452 g/mol. The van der Waals surface area contributed by atoms with Gasteiger partial charge in [-0.15, -0.1) is 0 Å². The number of anilines is 2. The second-order valence-electron chi connectivity index (χ2n) is 7.33. The summed E-state index contributed by atoms with van der Waals surface area (Å²) < 4.78 is 5.48. The molecule has 0 spiro atoms. The summed E-state index contributed by atoms with van der Waals surface area (Å²) >= 11 is 0. The maximum Gasteiger partial charge on any atom is 0.308 e. The highest BCUT2D eigenvalue weighted by molar-refractivity contribution is 5.72. The van der Waals surface area contributed by atoms with E-state index in [1.165, 1.54) is 6.42 Å². The highest BCUT2D eigenvalue weighted by Crippen LogP contribution is 2.25. The second-order valence-corrected chi connectivity index (χ2v) is 7.33. The summed E-state index contributed by atoms with van der Waals surface area (Å²) in [4.78, 5) is 18.9. The lowest BCUT2D eigenvalue weighted by Gasteiger charge is -2.24. The van der Waals surface area contributed by atoms with Gasteiger partial charge in [-0.25, -0.2) is 4.98 Å². The van der Waals surface area contributed by atoms with Crippen LogP contribution in [0.25, 0.3) is 0 Å². The number of hydrogen-bond donors (Lipinski definition) is 1. The van der Waals surface area contributed by atoms with Crippen LogP contribution in [0.2, 0.25) is 0 Å². The Labute approximate surface area is 199 Å². The lowest BCUT2D eigenvalue weighted by Crippen LogP contribution is -2.25. The fourth-order valence-corrected chi connectivity index (χ4v) is 3.70. The molecule has 2 rings (SSSR count). The van der Waals surface area contributed by atoms with Crippen molar-refractivity contribution >= 4 is 17.5 Å². The molecule has 0 unspecified atom stereocenters. The van der Waals surface area contributed by atoms with Crippen molar-refractivity contribution in [1.29, 1.82) is 0 Å². The standard InChI is InChI=1S/C21H35N3O2.3C2H6/c1-3-12-24(13-4-2)19-15-18(23-20(22)16-19)11-8-14-26-21(25)17-9-6-5-7-10-17;3*1-2/h15-17H,3-14H2,1-2H3,(H2,22,23);3*1-2H3. The molecule has 0 saturated heterocycles. The van der Waals surface area contributed by atoms with Crippen LogP contribution in [-0.4, -0.2) is 30.6 Å². The van der Waals surface area contributed by atoms with E-state index in [0.717, 1.165) is 75.8 Å². The van der Waals surface area contributed by atoms with Crippen molar-refractivity contribution in [3.8, 4) is 0 Å². The molecular weight excluding hydrogens is 398 g/mol. The summed E-state index contributed by atoms with van der Waals surface area (Å²) in [7, 11) is 0. The average Bonchev–Trinajstić information content (AvgIpc) is 2.85. The Kier molecular flexibility index (Phi) is 22.7. The Hall–Kier alpha value is -1.78. The summed E-state index contributed by atoms with van der Waals surface area (Å²) in [6.07, 6.45) is 9.32. The first-order chi connectivity index (χ1) is 15.6. The molecule has 5 nitrogen and oxygen atoms in total. The summed E-state index contributed by atoms with van der Waals surface area (Å²) in [5.41, 5.74) is 8.14. The number of aryl methyl sites for hydroxylation is 1. The smallest absolute Gasteiger partial charge is 0.308 e. The van der Waals surface area contributed by atoms with Gasteiger partial charge in [0.2, 0.25) is 0 Å². The van der Waals surface area contributed by atoms with Gasteiger partial charge in [-0.05, 0) is 44.6 Å². The molecule has 0 aliphatic heterocycles. The summed E-state index contributed by atoms with van der Waals surface area (Å²) in [6.45, 7) is 18.9. The van der Waals surface area contributed by atoms with Crippen molar-refractivity contribution in [2.24, 2.45) is 5.92 Å². The van der Waals surface area contributed by atoms with Gasteiger partial charge in [-0.2, -0.15) is 0 Å². The minimum Gasteiger partial charge on any atom is -0.465 e. The van der Waals surface area contributed by atoms with Gasteiger partial charge in [0.25, 0.3) is 0 Å². The number of carbonyl (C=O) groups is 1. The first kappa shape index (κ1) is 32.4. The molecular formula is C27H53N3O2. The van der Waals surface area contributed by atoms with Crippen LogP contribution in [0.3, 0.4) is 0 Å². The molecule has 188 valence electrons. The van der Waals surface area contributed by atoms with Gasteiger partial charge < -0.3 is 15.4 Å². The molecule has 1 heterocycles. The van der Waals surface area contributed by atoms with Crippen LogP contribution >= 0.6 is 0 Å². The van der Waals surface area contributed by atoms with E-state index < -0.39 is 0 Å². The first-order valence-corrected chi connectivity index (χ1v) is 13.3. The van der Waals surface area contributed by atoms with Crippen molar-refractivity contribution in [2.45, 2.75) is 113 Å². The fraction of sp³-hybridized carbons (Fsp3) is 0.778. The van der Waals surface area contributed by atoms with E-state index in [1.54, 1.807) is 0 Å². The second kappa shape index (κ2) is 22.4. The molecule has 0 radical (unpaired) electrons. The van der Waals surface area contributed by atoms with Crippen LogP contribution in [0.1, 0.15) is 112 Å². The zero-order valence-electron chi connectivity index (χ0n) is 22.5. The first-order valence-electron chi connectivity index (χ1n) is 13.3. The maximum absolute atomic E-state index is 12.1. The number of carbonyl (C=O) groups excluding carboxylic acids is 1. The normalized spacial score (nSPS) is 12.8. The molecule has 1 saturated carbocycles. The molecule has 0 atom stereocenters. The van der Waals surface area contributed by atoms with Crippen molar-refractivity contribution < 1.29 is 9.53 Å². The zero-order chi connectivity index (χ0) is 24.8. The third kappa shape index (κ3) is 13.6. The summed E-state index contributed by atoms with van der Waals surface area (Å²) in [5, 5.41) is 0. The topological polar surface area (TPSA) is 68.4 Å². The number of esters is 1. The molecule has 1 aliphatic carbocycles. The van der Waals surface area contributed by atoms with E-state index in [-0.39, 0.29) is 11.9 Å². The Morgan fingerprint density at radius 1 is 1.00 bits per heavy atom. The van der Waals surface area contributed by atoms with E-state index in [9.17, 15) is 4.79 Å². The number of nitrogens with zero attached hydrogens (tertiary/aromatic N) is 2. The molecule has 5 heteroatoms. The molecule has 2 N–H and O–H groups in total. The number of hydrogen-bond acceptors (Lipinski definition) is 5. The van der Waals surface area contributed by atoms with Crippen molar-refractivity contribution in [2.75, 3.05) is 30.3 Å². The van der Waals surface area contributed by atoms with Gasteiger partial charge in [-0.1, -0.05) is 74.7 Å². The van der Waals surface area contributed by atoms with Crippen LogP contribution < -0.4 is 10.6 Å². The number of rotatable bonds is 10. The highest BCUT2D eigenvalue weighted by Gasteiger charge is 2.22. The molecule has 0 aromatic carbocycles. The third-order valence-corrected chi connectivity index (χ3v) is 5.00. The predicted octanol–water partition coefficient (Wildman–Crippen LogP) is 7.42. The van der Waals surface area contributed by atoms with E-state index >= 15 is 0 Å². The quantitative estimate of drug-likeness (QED) is 0.296. The highest BCUT2D eigenvalue weighted by atomic mass is 16.5. The Bertz CT molecular complexity index is 552. The van der Waals surface area contributed by atoms with Gasteiger partial charge in [0.15, 0.2) is 0 Å². The Morgan fingerprint density at radius 3 is 2.09 bits per heavy atom. The van der Waals surface area contributed by atoms with E-state index in [2.05, 4.69) is 29.8 Å². The van der Waals surface area contributed by atoms with E-state index in [4.69, 9.17) is 10.5 Å². The van der Waals surface area contributed by atoms with Gasteiger partial charge in [0.05, 0.1) is 12.5 Å². The van der Waals surface area contributed by atoms with E-state index in [0.29, 0.717) is 12.4 Å². The van der Waals surface area contributed by atoms with Gasteiger partial charge in [-0.3, -0.25) is 4.79 Å². The molecule has 32 heavy (non-hydrogen) atoms. The summed E-state index contributed by atoms with van der Waals surface area (Å²) in [6, 6.07) is 4.09. The molecule has 0 bridgehead atoms. The largest absolute Gasteiger partial charge is 0.465 e. The predicted molar refractivity (Wildman–Crippen MR) is 141 cm³/mol. The van der Waals surface area contributed by atoms with Gasteiger partial charge >= 0.3 is 5.97 Å². The van der Waals surface area contributed by atoms with Crippen molar-refractivity contribution in [3.63, 3.8) is 0 Å². The minimum absolute atomic E-state index is 0.0111. The number of nitrogen functional groups attached to an aromatic ring is 1. The van der Waals surface area contributed by atoms with Crippen LogP contribution in [0.15, 0.2) is 12.1 Å². The molecule has 1 aromatic rings. The molecule has 0 amide bonds. The lowest BCUT2D eigenvalue weighted by molar-refractivity contribution is -0.149. The van der Waals surface area contributed by atoms with Gasteiger partial charge in [0, 0.05) is 30.5 Å². The van der Waals surface area contributed by atoms with Crippen molar-refractivity contribution in [1.82, 2.24) is 4.98 Å². The number of pyridine rings is 1. The summed E-state index contributed by atoms with van der Waals surface area (Å²) in [5.74, 6) is 0.675. The molecule has 1 aliphatic rings. The third-order valence-electron chi connectivity index (χ3n) is 5.00. The van der Waals surface area contributed by atoms with Crippen molar-refractivity contribution in [3.05, 3.63) is 17.8 Å². The van der Waals surface area contributed by atoms with Crippen LogP contribution in [0.5, 0.6) is 0 Å². The maximum atomic E-state index is 12.1. The Morgan fingerprint density at radius 2 is 1.56 bits per heavy atom. The molecule has 1 fully saturated rings. The minimum atomic E-state index is -0.0111. The Balaban J connectivity index is 0. The number of nitrogens with two attached hydrogens (primary N) is 1. The lowest BCUT2D eigenvalue weighted by atomic mass is 9.89. The van der Waals surface area contributed by atoms with Crippen LogP contribution in [0, 0.1) is 5.92 Å². The fourth-order valence-electron chi connectivity index (χ4n) is 3.70. The SMILES string of the molecule is CC.CC.CC.CCCN(CCC)c1cc(N)nc(CCCOC(=O)C2CCCCC2)c1. The van der Waals surface area contributed by atoms with Crippen LogP contribution in [0.4, 0.5) is 11.5 Å². The zero-order valence-corrected chi connectivity index (χ0v) is 22.5.